The van der Waals surface area contributed by atoms with Gasteiger partial charge in [0, 0.05) is 38.4 Å². The number of hydrogen-bond acceptors (Lipinski definition) is 3. The van der Waals surface area contributed by atoms with E-state index in [4.69, 9.17) is 4.74 Å². The molecule has 0 spiro atoms. The van der Waals surface area contributed by atoms with Gasteiger partial charge in [-0.25, -0.2) is 4.39 Å². The Balaban J connectivity index is 1.61. The largest absolute Gasteiger partial charge is 0.371 e. The van der Waals surface area contributed by atoms with Crippen molar-refractivity contribution in [3.63, 3.8) is 0 Å². The Kier molecular flexibility index (Phi) is 4.55. The smallest absolute Gasteiger partial charge is 0.123 e. The Morgan fingerprint density at radius 1 is 1.36 bits per heavy atom. The lowest BCUT2D eigenvalue weighted by Crippen LogP contribution is -2.40. The molecule has 2 aromatic rings. The summed E-state index contributed by atoms with van der Waals surface area (Å²) >= 11 is 0. The van der Waals surface area contributed by atoms with Crippen molar-refractivity contribution in [1.82, 2.24) is 14.7 Å². The fourth-order valence-corrected chi connectivity index (χ4v) is 2.96. The van der Waals surface area contributed by atoms with E-state index in [2.05, 4.69) is 16.9 Å². The van der Waals surface area contributed by atoms with Crippen LogP contribution in [0.5, 0.6) is 0 Å². The van der Waals surface area contributed by atoms with Crippen molar-refractivity contribution >= 4 is 0 Å². The van der Waals surface area contributed by atoms with Gasteiger partial charge in [-0.3, -0.25) is 9.58 Å². The van der Waals surface area contributed by atoms with Crippen LogP contribution in [0.1, 0.15) is 30.1 Å². The number of nitrogens with zero attached hydrogens (tertiary/aromatic N) is 3. The molecule has 1 aliphatic heterocycles. The molecule has 3 rings (SSSR count). The molecule has 1 aromatic heterocycles. The number of benzene rings is 1. The Labute approximate surface area is 130 Å². The first kappa shape index (κ1) is 15.2. The molecule has 0 saturated carbocycles. The molecule has 1 aromatic carbocycles. The summed E-state index contributed by atoms with van der Waals surface area (Å²) in [7, 11) is 1.92. The molecular weight excluding hydrogens is 281 g/mol. The number of aryl methyl sites for hydroxylation is 1. The van der Waals surface area contributed by atoms with Crippen molar-refractivity contribution in [2.45, 2.75) is 18.9 Å². The molecule has 0 aliphatic carbocycles. The van der Waals surface area contributed by atoms with Crippen LogP contribution in [0.4, 0.5) is 4.39 Å². The van der Waals surface area contributed by atoms with E-state index < -0.39 is 0 Å². The Morgan fingerprint density at radius 3 is 2.82 bits per heavy atom. The maximum atomic E-state index is 13.0. The highest BCUT2D eigenvalue weighted by atomic mass is 19.1. The SMILES string of the molecule is C[C@@H](CN1CCO[C@H](c2cnn(C)c2)C1)c1ccc(F)cc1. The fraction of sp³-hybridized carbons (Fsp3) is 0.471. The summed E-state index contributed by atoms with van der Waals surface area (Å²) in [4.78, 5) is 2.41. The molecule has 0 amide bonds. The van der Waals surface area contributed by atoms with Gasteiger partial charge in [0.25, 0.3) is 0 Å². The van der Waals surface area contributed by atoms with E-state index >= 15 is 0 Å². The molecule has 22 heavy (non-hydrogen) atoms. The number of aromatic nitrogens is 2. The van der Waals surface area contributed by atoms with Gasteiger partial charge in [0.05, 0.1) is 18.9 Å². The zero-order valence-corrected chi connectivity index (χ0v) is 13.1. The predicted molar refractivity (Wildman–Crippen MR) is 83.2 cm³/mol. The third-order valence-electron chi connectivity index (χ3n) is 4.22. The summed E-state index contributed by atoms with van der Waals surface area (Å²) in [6.45, 7) is 5.67. The van der Waals surface area contributed by atoms with Gasteiger partial charge in [-0.15, -0.1) is 0 Å². The molecular formula is C17H22FN3O. The van der Waals surface area contributed by atoms with Crippen LogP contribution < -0.4 is 0 Å². The second-order valence-electron chi connectivity index (χ2n) is 6.02. The topological polar surface area (TPSA) is 30.3 Å². The van der Waals surface area contributed by atoms with Gasteiger partial charge < -0.3 is 4.74 Å². The van der Waals surface area contributed by atoms with Crippen LogP contribution in [-0.2, 0) is 11.8 Å². The zero-order valence-electron chi connectivity index (χ0n) is 13.1. The lowest BCUT2D eigenvalue weighted by Gasteiger charge is -2.34. The van der Waals surface area contributed by atoms with Crippen LogP contribution in [0.2, 0.25) is 0 Å². The standard InChI is InChI=1S/C17H22FN3O/c1-13(14-3-5-16(18)6-4-14)10-21-7-8-22-17(12-21)15-9-19-20(2)11-15/h3-6,9,11,13,17H,7-8,10,12H2,1-2H3/t13-,17-/m0/s1. The average Bonchev–Trinajstić information content (AvgIpc) is 2.95. The van der Waals surface area contributed by atoms with E-state index in [1.54, 1.807) is 4.68 Å². The summed E-state index contributed by atoms with van der Waals surface area (Å²) in [6.07, 6.45) is 3.97. The second-order valence-corrected chi connectivity index (χ2v) is 6.02. The van der Waals surface area contributed by atoms with Crippen molar-refractivity contribution in [3.8, 4) is 0 Å². The molecule has 0 bridgehead atoms. The lowest BCUT2D eigenvalue weighted by molar-refractivity contribution is -0.0313. The Bertz CT molecular complexity index is 611. The molecule has 1 aliphatic rings. The minimum absolute atomic E-state index is 0.0860. The second kappa shape index (κ2) is 6.58. The van der Waals surface area contributed by atoms with Gasteiger partial charge in [0.15, 0.2) is 0 Å². The van der Waals surface area contributed by atoms with E-state index in [9.17, 15) is 4.39 Å². The monoisotopic (exact) mass is 303 g/mol. The summed E-state index contributed by atoms with van der Waals surface area (Å²) in [5.41, 5.74) is 2.30. The molecule has 4 nitrogen and oxygen atoms in total. The van der Waals surface area contributed by atoms with Gasteiger partial charge in [-0.05, 0) is 23.6 Å². The van der Waals surface area contributed by atoms with Gasteiger partial charge in [-0.1, -0.05) is 19.1 Å². The van der Waals surface area contributed by atoms with E-state index in [1.165, 1.54) is 17.7 Å². The summed E-state index contributed by atoms with van der Waals surface area (Å²) in [5, 5.41) is 4.22. The molecule has 1 saturated heterocycles. The first-order valence-corrected chi connectivity index (χ1v) is 7.70. The average molecular weight is 303 g/mol. The number of rotatable bonds is 4. The quantitative estimate of drug-likeness (QED) is 0.870. The maximum absolute atomic E-state index is 13.0. The molecule has 1 fully saturated rings. The minimum atomic E-state index is -0.182. The Hall–Kier alpha value is -1.72. The zero-order chi connectivity index (χ0) is 15.5. The van der Waals surface area contributed by atoms with E-state index in [-0.39, 0.29) is 11.9 Å². The molecule has 118 valence electrons. The van der Waals surface area contributed by atoms with Crippen LogP contribution in [0.15, 0.2) is 36.7 Å². The van der Waals surface area contributed by atoms with E-state index in [1.807, 2.05) is 31.6 Å². The van der Waals surface area contributed by atoms with Crippen LogP contribution in [0.3, 0.4) is 0 Å². The maximum Gasteiger partial charge on any atom is 0.123 e. The summed E-state index contributed by atoms with van der Waals surface area (Å²) in [6, 6.07) is 6.81. The highest BCUT2D eigenvalue weighted by molar-refractivity contribution is 5.20. The number of ether oxygens (including phenoxy) is 1. The highest BCUT2D eigenvalue weighted by Crippen LogP contribution is 2.24. The van der Waals surface area contributed by atoms with E-state index in [0.717, 1.165) is 31.8 Å². The normalized spacial score (nSPS) is 21.0. The molecule has 0 radical (unpaired) electrons. The third-order valence-corrected chi connectivity index (χ3v) is 4.22. The fourth-order valence-electron chi connectivity index (χ4n) is 2.96. The highest BCUT2D eigenvalue weighted by Gasteiger charge is 2.24. The number of hydrogen-bond donors (Lipinski definition) is 0. The summed E-state index contributed by atoms with van der Waals surface area (Å²) in [5.74, 6) is 0.187. The molecule has 5 heteroatoms. The van der Waals surface area contributed by atoms with Gasteiger partial charge in [-0.2, -0.15) is 5.10 Å². The van der Waals surface area contributed by atoms with Crippen LogP contribution in [-0.4, -0.2) is 40.9 Å². The van der Waals surface area contributed by atoms with Crippen molar-refractivity contribution in [3.05, 3.63) is 53.6 Å². The van der Waals surface area contributed by atoms with Gasteiger partial charge in [0.2, 0.25) is 0 Å². The minimum Gasteiger partial charge on any atom is -0.371 e. The van der Waals surface area contributed by atoms with Crippen LogP contribution in [0.25, 0.3) is 0 Å². The molecule has 0 unspecified atom stereocenters. The van der Waals surface area contributed by atoms with Crippen molar-refractivity contribution in [2.24, 2.45) is 7.05 Å². The molecule has 2 heterocycles. The number of morpholine rings is 1. The first-order chi connectivity index (χ1) is 10.6. The van der Waals surface area contributed by atoms with Crippen molar-refractivity contribution < 1.29 is 9.13 Å². The summed E-state index contributed by atoms with van der Waals surface area (Å²) < 4.78 is 20.7. The van der Waals surface area contributed by atoms with E-state index in [0.29, 0.717) is 5.92 Å². The van der Waals surface area contributed by atoms with Crippen molar-refractivity contribution in [2.75, 3.05) is 26.2 Å². The van der Waals surface area contributed by atoms with Crippen LogP contribution in [0, 0.1) is 5.82 Å². The molecule has 2 atom stereocenters. The lowest BCUT2D eigenvalue weighted by atomic mass is 10.00. The van der Waals surface area contributed by atoms with Gasteiger partial charge in [0.1, 0.15) is 5.82 Å². The predicted octanol–water partition coefficient (Wildman–Crippen LogP) is 2.74. The van der Waals surface area contributed by atoms with Crippen LogP contribution >= 0.6 is 0 Å². The Morgan fingerprint density at radius 2 is 2.14 bits per heavy atom. The third kappa shape index (κ3) is 3.54. The van der Waals surface area contributed by atoms with Gasteiger partial charge >= 0.3 is 0 Å². The first-order valence-electron chi connectivity index (χ1n) is 7.70. The molecule has 0 N–H and O–H groups in total. The van der Waals surface area contributed by atoms with Crippen molar-refractivity contribution in [1.29, 1.82) is 0 Å². The number of halogens is 1.